The summed E-state index contributed by atoms with van der Waals surface area (Å²) in [7, 11) is 0. The van der Waals surface area contributed by atoms with E-state index in [9.17, 15) is 0 Å². The summed E-state index contributed by atoms with van der Waals surface area (Å²) in [4.78, 5) is 0. The number of hydrogen-bond acceptors (Lipinski definition) is 2. The van der Waals surface area contributed by atoms with Gasteiger partial charge in [0.2, 0.25) is 0 Å². The summed E-state index contributed by atoms with van der Waals surface area (Å²) >= 11 is 6.78. The van der Waals surface area contributed by atoms with Crippen molar-refractivity contribution in [3.63, 3.8) is 0 Å². The Balaban J connectivity index is 1.94. The van der Waals surface area contributed by atoms with Gasteiger partial charge in [0.1, 0.15) is 0 Å². The molecule has 2 heterocycles. The number of fused-ring (bicyclic) bond motifs is 9. The lowest BCUT2D eigenvalue weighted by Crippen LogP contribution is -1.81. The fraction of sp³-hybridized carbons (Fsp3) is 0. The maximum atomic E-state index is 4.92. The van der Waals surface area contributed by atoms with Crippen LogP contribution in [0.1, 0.15) is 0 Å². The molecule has 0 fully saturated rings. The highest BCUT2D eigenvalue weighted by Gasteiger charge is 2.16. The summed E-state index contributed by atoms with van der Waals surface area (Å²) in [6, 6.07) is 26.1. The summed E-state index contributed by atoms with van der Waals surface area (Å²) in [6.45, 7) is 0. The minimum Gasteiger partial charge on any atom is -0.284 e. The van der Waals surface area contributed by atoms with Crippen LogP contribution in [0.2, 0.25) is 0 Å². The second-order valence-corrected chi connectivity index (χ2v) is 7.88. The van der Waals surface area contributed by atoms with Crippen molar-refractivity contribution in [2.75, 3.05) is 0 Å². The van der Waals surface area contributed by atoms with Crippen LogP contribution >= 0.6 is 24.2 Å². The molecule has 0 spiro atoms. The van der Waals surface area contributed by atoms with Crippen LogP contribution in [0.4, 0.5) is 0 Å². The third-order valence-corrected chi connectivity index (χ3v) is 6.73. The van der Waals surface area contributed by atoms with Crippen molar-refractivity contribution in [2.24, 2.45) is 0 Å². The normalized spacial score (nSPS) is 12.2. The lowest BCUT2D eigenvalue weighted by Gasteiger charge is -2.02. The SMILES string of the molecule is Sn1c2c3ccccc3ccc2c2ccc3c4ccccc4sc3c21. The molecule has 2 aromatic heterocycles. The van der Waals surface area contributed by atoms with E-state index in [0.717, 1.165) is 0 Å². The molecule has 0 amide bonds. The van der Waals surface area contributed by atoms with Crippen molar-refractivity contribution < 1.29 is 0 Å². The quantitative estimate of drug-likeness (QED) is 0.280. The molecule has 118 valence electrons. The first-order chi connectivity index (χ1) is 12.3. The predicted molar refractivity (Wildman–Crippen MR) is 114 cm³/mol. The molecule has 0 aliphatic carbocycles. The smallest absolute Gasteiger partial charge is 0.0781 e. The van der Waals surface area contributed by atoms with Crippen molar-refractivity contribution in [1.29, 1.82) is 0 Å². The van der Waals surface area contributed by atoms with E-state index in [1.807, 2.05) is 11.3 Å². The Morgan fingerprint density at radius 1 is 0.600 bits per heavy atom. The van der Waals surface area contributed by atoms with Gasteiger partial charge in [-0.05, 0) is 11.5 Å². The Kier molecular flexibility index (Phi) is 2.63. The van der Waals surface area contributed by atoms with E-state index in [2.05, 4.69) is 76.8 Å². The van der Waals surface area contributed by atoms with Crippen molar-refractivity contribution >= 4 is 76.9 Å². The molecule has 0 N–H and O–H groups in total. The Morgan fingerprint density at radius 3 is 2.20 bits per heavy atom. The molecular formula is C22H13NS2. The van der Waals surface area contributed by atoms with E-state index in [4.69, 9.17) is 12.8 Å². The highest BCUT2D eigenvalue weighted by Crippen LogP contribution is 2.43. The maximum Gasteiger partial charge on any atom is 0.0781 e. The number of thiol groups is 1. The third-order valence-electron chi connectivity index (χ3n) is 5.14. The number of hydrogen-bond donors (Lipinski definition) is 1. The first-order valence-corrected chi connectivity index (χ1v) is 9.50. The minimum atomic E-state index is 1.20. The van der Waals surface area contributed by atoms with E-state index in [1.54, 1.807) is 0 Å². The van der Waals surface area contributed by atoms with Crippen LogP contribution in [0.5, 0.6) is 0 Å². The molecule has 0 aliphatic heterocycles. The van der Waals surface area contributed by atoms with Gasteiger partial charge >= 0.3 is 0 Å². The van der Waals surface area contributed by atoms with Gasteiger partial charge < -0.3 is 0 Å². The van der Waals surface area contributed by atoms with Gasteiger partial charge in [0.15, 0.2) is 0 Å². The first-order valence-electron chi connectivity index (χ1n) is 8.28. The van der Waals surface area contributed by atoms with Crippen LogP contribution in [0.15, 0.2) is 72.8 Å². The van der Waals surface area contributed by atoms with Gasteiger partial charge in [0, 0.05) is 31.6 Å². The summed E-state index contributed by atoms with van der Waals surface area (Å²) in [5.41, 5.74) is 2.41. The molecule has 0 bridgehead atoms. The van der Waals surface area contributed by atoms with Crippen LogP contribution in [0, 0.1) is 0 Å². The van der Waals surface area contributed by atoms with Crippen molar-refractivity contribution in [1.82, 2.24) is 3.97 Å². The molecule has 0 aliphatic rings. The van der Waals surface area contributed by atoms with Crippen LogP contribution < -0.4 is 0 Å². The molecule has 6 aromatic rings. The molecule has 6 rings (SSSR count). The van der Waals surface area contributed by atoms with E-state index in [-0.39, 0.29) is 0 Å². The largest absolute Gasteiger partial charge is 0.284 e. The molecular weight excluding hydrogens is 342 g/mol. The monoisotopic (exact) mass is 355 g/mol. The third kappa shape index (κ3) is 1.69. The van der Waals surface area contributed by atoms with Crippen LogP contribution in [-0.4, -0.2) is 3.97 Å². The number of aromatic nitrogens is 1. The zero-order valence-corrected chi connectivity index (χ0v) is 14.9. The molecule has 0 saturated carbocycles. The average Bonchev–Trinajstić information content (AvgIpc) is 3.17. The first kappa shape index (κ1) is 13.8. The van der Waals surface area contributed by atoms with Crippen molar-refractivity contribution in [2.45, 2.75) is 0 Å². The van der Waals surface area contributed by atoms with Crippen molar-refractivity contribution in [3.05, 3.63) is 72.8 Å². The van der Waals surface area contributed by atoms with Gasteiger partial charge in [-0.15, -0.1) is 11.3 Å². The van der Waals surface area contributed by atoms with Gasteiger partial charge in [-0.2, -0.15) is 0 Å². The fourth-order valence-electron chi connectivity index (χ4n) is 4.01. The molecule has 3 heteroatoms. The van der Waals surface area contributed by atoms with Gasteiger partial charge in [0.05, 0.1) is 15.7 Å². The standard InChI is InChI=1S/C22H13NS2/c24-23-20-14-6-2-1-5-13(14)9-10-16(20)17-11-12-18-15-7-3-4-8-19(15)25-22(18)21(17)23/h1-12,24H. The van der Waals surface area contributed by atoms with E-state index < -0.39 is 0 Å². The van der Waals surface area contributed by atoms with E-state index in [1.165, 1.54) is 52.8 Å². The molecule has 0 atom stereocenters. The zero-order chi connectivity index (χ0) is 16.5. The minimum absolute atomic E-state index is 1.20. The highest BCUT2D eigenvalue weighted by atomic mass is 32.1. The van der Waals surface area contributed by atoms with Crippen LogP contribution in [-0.2, 0) is 0 Å². The summed E-state index contributed by atoms with van der Waals surface area (Å²) in [5, 5.41) is 7.68. The Morgan fingerprint density at radius 2 is 1.28 bits per heavy atom. The number of thiophene rings is 1. The van der Waals surface area contributed by atoms with Crippen LogP contribution in [0.25, 0.3) is 52.8 Å². The average molecular weight is 355 g/mol. The predicted octanol–water partition coefficient (Wildman–Crippen LogP) is 7.01. The van der Waals surface area contributed by atoms with Gasteiger partial charge in [-0.25, -0.2) is 0 Å². The van der Waals surface area contributed by atoms with E-state index in [0.29, 0.717) is 0 Å². The molecule has 1 nitrogen and oxygen atoms in total. The lowest BCUT2D eigenvalue weighted by molar-refractivity contribution is 1.47. The molecule has 0 unspecified atom stereocenters. The van der Waals surface area contributed by atoms with E-state index >= 15 is 0 Å². The summed E-state index contributed by atoms with van der Waals surface area (Å²) in [5.74, 6) is 0. The Bertz CT molecular complexity index is 1450. The van der Waals surface area contributed by atoms with Gasteiger partial charge in [-0.3, -0.25) is 3.97 Å². The molecule has 0 saturated heterocycles. The molecule has 4 aromatic carbocycles. The van der Waals surface area contributed by atoms with Crippen molar-refractivity contribution in [3.8, 4) is 0 Å². The van der Waals surface area contributed by atoms with Crippen LogP contribution in [0.3, 0.4) is 0 Å². The topological polar surface area (TPSA) is 4.93 Å². The van der Waals surface area contributed by atoms with Gasteiger partial charge in [-0.1, -0.05) is 79.5 Å². The summed E-state index contributed by atoms with van der Waals surface area (Å²) in [6.07, 6.45) is 0. The summed E-state index contributed by atoms with van der Waals surface area (Å²) < 4.78 is 4.73. The second kappa shape index (κ2) is 4.78. The van der Waals surface area contributed by atoms with Gasteiger partial charge in [0.25, 0.3) is 0 Å². The molecule has 25 heavy (non-hydrogen) atoms. The Labute approximate surface area is 153 Å². The second-order valence-electron chi connectivity index (χ2n) is 6.43. The number of benzene rings is 4. The number of nitrogens with zero attached hydrogens (tertiary/aromatic N) is 1. The zero-order valence-electron chi connectivity index (χ0n) is 13.2. The Hall–Kier alpha value is -2.49. The fourth-order valence-corrected chi connectivity index (χ4v) is 5.75. The number of rotatable bonds is 0. The maximum absolute atomic E-state index is 4.92. The lowest BCUT2D eigenvalue weighted by atomic mass is 10.1. The highest BCUT2D eigenvalue weighted by molar-refractivity contribution is 7.79. The molecule has 0 radical (unpaired) electrons.